The predicted octanol–water partition coefficient (Wildman–Crippen LogP) is 4.12. The third-order valence-electron chi connectivity index (χ3n) is 6.34. The van der Waals surface area contributed by atoms with Gasteiger partial charge in [-0.25, -0.2) is 19.1 Å². The second-order valence-corrected chi connectivity index (χ2v) is 10.8. The highest BCUT2D eigenvalue weighted by molar-refractivity contribution is 7.90. The Morgan fingerprint density at radius 1 is 1.11 bits per heavy atom. The molecule has 4 aromatic rings. The van der Waals surface area contributed by atoms with Crippen molar-refractivity contribution in [2.24, 2.45) is 0 Å². The van der Waals surface area contributed by atoms with Crippen molar-refractivity contribution in [3.05, 3.63) is 98.9 Å². The number of nitrogens with one attached hydrogen (secondary N) is 1. The molecule has 0 bridgehead atoms. The molecule has 0 saturated heterocycles. The van der Waals surface area contributed by atoms with Crippen LogP contribution in [0, 0.1) is 12.7 Å². The van der Waals surface area contributed by atoms with E-state index in [1.165, 1.54) is 40.5 Å². The Labute approximate surface area is 223 Å². The summed E-state index contributed by atoms with van der Waals surface area (Å²) in [4.78, 5) is 20.8. The number of pyridine rings is 1. The summed E-state index contributed by atoms with van der Waals surface area (Å²) in [6.45, 7) is 1.92. The highest BCUT2D eigenvalue weighted by atomic mass is 35.5. The molecule has 9 nitrogen and oxygen atoms in total. The van der Waals surface area contributed by atoms with Gasteiger partial charge in [0.05, 0.1) is 12.8 Å². The van der Waals surface area contributed by atoms with Gasteiger partial charge < -0.3 is 4.74 Å². The van der Waals surface area contributed by atoms with Crippen molar-refractivity contribution in [2.45, 2.75) is 19.9 Å². The van der Waals surface area contributed by atoms with Crippen LogP contribution in [0.15, 0.2) is 65.7 Å². The Hall–Kier alpha value is -3.80. The number of nitrogens with zero attached hydrogens (tertiary/aromatic N) is 4. The molecular formula is C26H23ClFN5O4S. The first kappa shape index (κ1) is 25.8. The van der Waals surface area contributed by atoms with Gasteiger partial charge in [-0.05, 0) is 47.9 Å². The highest BCUT2D eigenvalue weighted by Gasteiger charge is 2.30. The smallest absolute Gasteiger partial charge is 0.304 e. The first-order valence-corrected chi connectivity index (χ1v) is 13.4. The molecule has 0 unspecified atom stereocenters. The molecule has 0 saturated carbocycles. The lowest BCUT2D eigenvalue weighted by molar-refractivity contribution is 0.385. The zero-order valence-corrected chi connectivity index (χ0v) is 22.1. The van der Waals surface area contributed by atoms with Crippen LogP contribution in [-0.4, -0.2) is 40.9 Å². The molecule has 1 aliphatic heterocycles. The summed E-state index contributed by atoms with van der Waals surface area (Å²) < 4.78 is 51.9. The van der Waals surface area contributed by atoms with Gasteiger partial charge in [-0.3, -0.25) is 9.36 Å². The van der Waals surface area contributed by atoms with E-state index in [0.717, 1.165) is 5.56 Å². The summed E-state index contributed by atoms with van der Waals surface area (Å²) in [5, 5.41) is 0.572. The number of hydrogen-bond acceptors (Lipinski definition) is 6. The number of fused-ring (bicyclic) bond motifs is 1. The van der Waals surface area contributed by atoms with Gasteiger partial charge in [0.1, 0.15) is 11.6 Å². The minimum atomic E-state index is -3.95. The first-order valence-electron chi connectivity index (χ1n) is 11.6. The van der Waals surface area contributed by atoms with Crippen LogP contribution in [0.1, 0.15) is 16.8 Å². The van der Waals surface area contributed by atoms with E-state index in [0.29, 0.717) is 33.2 Å². The largest absolute Gasteiger partial charge is 0.495 e. The van der Waals surface area contributed by atoms with Gasteiger partial charge in [0.2, 0.25) is 5.95 Å². The zero-order valence-electron chi connectivity index (χ0n) is 20.5. The van der Waals surface area contributed by atoms with E-state index in [-0.39, 0.29) is 36.7 Å². The van der Waals surface area contributed by atoms with Crippen molar-refractivity contribution in [3.8, 4) is 22.6 Å². The first-order chi connectivity index (χ1) is 18.2. The Balaban J connectivity index is 1.53. The summed E-state index contributed by atoms with van der Waals surface area (Å²) >= 11 is 6.13. The Bertz CT molecular complexity index is 1700. The third-order valence-corrected chi connectivity index (χ3v) is 8.19. The number of anilines is 1. The lowest BCUT2D eigenvalue weighted by Crippen LogP contribution is -2.41. The number of rotatable bonds is 6. The van der Waals surface area contributed by atoms with Crippen LogP contribution in [0.4, 0.5) is 10.3 Å². The molecule has 1 N–H and O–H groups in total. The van der Waals surface area contributed by atoms with Crippen LogP contribution >= 0.6 is 11.6 Å². The minimum absolute atomic E-state index is 0.00468. The fourth-order valence-electron chi connectivity index (χ4n) is 4.45. The van der Waals surface area contributed by atoms with Crippen molar-refractivity contribution in [1.29, 1.82) is 0 Å². The molecular weight excluding hydrogens is 533 g/mol. The number of halogens is 2. The molecule has 0 amide bonds. The molecule has 0 spiro atoms. The number of methoxy groups -OCH3 is 1. The molecule has 0 fully saturated rings. The Kier molecular flexibility index (Phi) is 6.91. The molecule has 0 atom stereocenters. The molecule has 38 heavy (non-hydrogen) atoms. The quantitative estimate of drug-likeness (QED) is 0.384. The van der Waals surface area contributed by atoms with E-state index in [4.69, 9.17) is 16.3 Å². The summed E-state index contributed by atoms with van der Waals surface area (Å²) in [5.41, 5.74) is 2.75. The standard InChI is InChI=1S/C26H23ClFN5O4S/c1-16-12-17(4-6-20(16)27)19-13-24(37-2)23(14-21(19)28)33-22-8-11-32(15-18(22)5-7-25(33)34)38(35,36)31-26-29-9-3-10-30-26/h3-7,9-10,12-14H,8,11,15H2,1-2H3,(H,29,30,31). The molecule has 1 aliphatic rings. The summed E-state index contributed by atoms with van der Waals surface area (Å²) in [7, 11) is -2.51. The molecule has 2 aromatic heterocycles. The maximum Gasteiger partial charge on any atom is 0.304 e. The second-order valence-electron chi connectivity index (χ2n) is 8.71. The second kappa shape index (κ2) is 10.2. The fraction of sp³-hybridized carbons (Fsp3) is 0.192. The number of aromatic nitrogens is 3. The van der Waals surface area contributed by atoms with Crippen molar-refractivity contribution < 1.29 is 17.5 Å². The highest BCUT2D eigenvalue weighted by Crippen LogP contribution is 2.35. The molecule has 5 rings (SSSR count). The molecule has 196 valence electrons. The van der Waals surface area contributed by atoms with Gasteiger partial charge in [-0.2, -0.15) is 12.7 Å². The maximum atomic E-state index is 15.4. The maximum absolute atomic E-state index is 15.4. The summed E-state index contributed by atoms with van der Waals surface area (Å²) in [6.07, 6.45) is 3.08. The van der Waals surface area contributed by atoms with Crippen molar-refractivity contribution in [1.82, 2.24) is 18.8 Å². The average Bonchev–Trinajstić information content (AvgIpc) is 2.90. The van der Waals surface area contributed by atoms with Gasteiger partial charge in [0.15, 0.2) is 0 Å². The van der Waals surface area contributed by atoms with E-state index < -0.39 is 16.0 Å². The summed E-state index contributed by atoms with van der Waals surface area (Å²) in [6, 6.07) is 12.5. The molecule has 12 heteroatoms. The molecule has 0 aliphatic carbocycles. The number of hydrogen-bond donors (Lipinski definition) is 1. The number of ether oxygens (including phenoxy) is 1. The lowest BCUT2D eigenvalue weighted by Gasteiger charge is -2.30. The summed E-state index contributed by atoms with van der Waals surface area (Å²) in [5.74, 6) is -0.291. The van der Waals surface area contributed by atoms with Crippen molar-refractivity contribution >= 4 is 27.8 Å². The van der Waals surface area contributed by atoms with Crippen LogP contribution in [0.25, 0.3) is 16.8 Å². The van der Waals surface area contributed by atoms with E-state index >= 15 is 4.39 Å². The van der Waals surface area contributed by atoms with E-state index in [1.54, 1.807) is 36.4 Å². The Morgan fingerprint density at radius 2 is 1.87 bits per heavy atom. The SMILES string of the molecule is COc1cc(-c2ccc(Cl)c(C)c2)c(F)cc1-n1c2c(ccc1=O)CN(S(=O)(=O)Nc1ncccn1)CC2. The topological polar surface area (TPSA) is 106 Å². The van der Waals surface area contributed by atoms with Crippen LogP contribution in [-0.2, 0) is 23.2 Å². The molecule has 3 heterocycles. The number of aryl methyl sites for hydroxylation is 1. The van der Waals surface area contributed by atoms with Crippen molar-refractivity contribution in [2.75, 3.05) is 18.4 Å². The predicted molar refractivity (Wildman–Crippen MR) is 142 cm³/mol. The van der Waals surface area contributed by atoms with Crippen LogP contribution in [0.3, 0.4) is 0 Å². The van der Waals surface area contributed by atoms with Gasteiger partial charge in [0.25, 0.3) is 5.56 Å². The van der Waals surface area contributed by atoms with Crippen LogP contribution < -0.4 is 15.0 Å². The van der Waals surface area contributed by atoms with Gasteiger partial charge in [-0.15, -0.1) is 0 Å². The van der Waals surface area contributed by atoms with E-state index in [9.17, 15) is 13.2 Å². The molecule has 2 aromatic carbocycles. The van der Waals surface area contributed by atoms with Crippen molar-refractivity contribution in [3.63, 3.8) is 0 Å². The van der Waals surface area contributed by atoms with E-state index in [1.807, 2.05) is 6.92 Å². The minimum Gasteiger partial charge on any atom is -0.495 e. The Morgan fingerprint density at radius 3 is 2.58 bits per heavy atom. The van der Waals surface area contributed by atoms with Gasteiger partial charge >= 0.3 is 10.2 Å². The van der Waals surface area contributed by atoms with Crippen LogP contribution in [0.2, 0.25) is 5.02 Å². The van der Waals surface area contributed by atoms with Crippen LogP contribution in [0.5, 0.6) is 5.75 Å². The lowest BCUT2D eigenvalue weighted by atomic mass is 10.0. The van der Waals surface area contributed by atoms with E-state index in [2.05, 4.69) is 14.7 Å². The number of benzene rings is 2. The fourth-order valence-corrected chi connectivity index (χ4v) is 5.67. The molecule has 0 radical (unpaired) electrons. The van der Waals surface area contributed by atoms with Gasteiger partial charge in [0, 0.05) is 60.3 Å². The monoisotopic (exact) mass is 555 g/mol. The normalized spacial score (nSPS) is 13.7. The zero-order chi connectivity index (χ0) is 27.0. The average molecular weight is 556 g/mol. The third kappa shape index (κ3) is 4.87. The van der Waals surface area contributed by atoms with Gasteiger partial charge in [-0.1, -0.05) is 23.7 Å².